The lowest BCUT2D eigenvalue weighted by atomic mass is 10.1. The van der Waals surface area contributed by atoms with Gasteiger partial charge < -0.3 is 31.7 Å². The highest BCUT2D eigenvalue weighted by molar-refractivity contribution is 6.37. The molecule has 11 heteroatoms. The van der Waals surface area contributed by atoms with Gasteiger partial charge in [0.05, 0.1) is 34.5 Å². The fraction of sp³-hybridized carbons (Fsp3) is 0.286. The van der Waals surface area contributed by atoms with Gasteiger partial charge in [0.2, 0.25) is 5.95 Å². The van der Waals surface area contributed by atoms with Crippen molar-refractivity contribution in [2.45, 2.75) is 32.0 Å². The first-order valence-corrected chi connectivity index (χ1v) is 10.7. The van der Waals surface area contributed by atoms with E-state index in [0.717, 1.165) is 18.4 Å². The average molecular weight is 476 g/mol. The van der Waals surface area contributed by atoms with Crippen molar-refractivity contribution in [3.8, 4) is 17.0 Å². The van der Waals surface area contributed by atoms with Crippen LogP contribution in [-0.4, -0.2) is 33.5 Å². The molecule has 6 N–H and O–H groups in total. The molecule has 2 aliphatic rings. The van der Waals surface area contributed by atoms with E-state index >= 15 is 0 Å². The second-order valence-corrected chi connectivity index (χ2v) is 8.41. The molecule has 4 rings (SSSR count). The first-order chi connectivity index (χ1) is 15.4. The summed E-state index contributed by atoms with van der Waals surface area (Å²) in [6, 6.07) is 3.42. The van der Waals surface area contributed by atoms with Gasteiger partial charge in [-0.2, -0.15) is 0 Å². The summed E-state index contributed by atoms with van der Waals surface area (Å²) in [5.74, 6) is 0.501. The first kappa shape index (κ1) is 22.0. The maximum absolute atomic E-state index is 12.5. The standard InChI is InChI=1S/C21H23Cl2N7O2/c1-11(26-5-4-24)10-32-18-6-13(15(22)7-16(18)23)19-14-8-30(21(31)27-12-2-3-12)9-17(14)28-20(25)29-19/h4-7,12,26H,1-3,8-10,24H2,(H,27,31)(H2,25,28,29)/b5-4-. The minimum atomic E-state index is -0.126. The number of carbonyl (C=O) groups is 1. The van der Waals surface area contributed by atoms with Gasteiger partial charge in [0, 0.05) is 35.3 Å². The van der Waals surface area contributed by atoms with Crippen LogP contribution in [-0.2, 0) is 13.1 Å². The van der Waals surface area contributed by atoms with Crippen molar-refractivity contribution in [1.82, 2.24) is 25.5 Å². The Hall–Kier alpha value is -3.17. The van der Waals surface area contributed by atoms with Crippen LogP contribution in [0.3, 0.4) is 0 Å². The van der Waals surface area contributed by atoms with E-state index in [-0.39, 0.29) is 24.6 Å². The van der Waals surface area contributed by atoms with E-state index in [0.29, 0.717) is 51.5 Å². The molecule has 2 aromatic rings. The molecule has 32 heavy (non-hydrogen) atoms. The molecule has 0 unspecified atom stereocenters. The molecule has 0 bridgehead atoms. The van der Waals surface area contributed by atoms with Crippen molar-refractivity contribution < 1.29 is 9.53 Å². The lowest BCUT2D eigenvalue weighted by molar-refractivity contribution is 0.197. The van der Waals surface area contributed by atoms with E-state index < -0.39 is 0 Å². The molecule has 0 atom stereocenters. The summed E-state index contributed by atoms with van der Waals surface area (Å²) >= 11 is 12.8. The lowest BCUT2D eigenvalue weighted by Gasteiger charge is -2.16. The van der Waals surface area contributed by atoms with Crippen LogP contribution in [0, 0.1) is 0 Å². The van der Waals surface area contributed by atoms with Crippen molar-refractivity contribution in [2.75, 3.05) is 12.3 Å². The number of anilines is 1. The van der Waals surface area contributed by atoms with Gasteiger partial charge in [-0.15, -0.1) is 0 Å². The van der Waals surface area contributed by atoms with Crippen LogP contribution >= 0.6 is 23.2 Å². The highest BCUT2D eigenvalue weighted by Gasteiger charge is 2.32. The van der Waals surface area contributed by atoms with Crippen LogP contribution < -0.4 is 26.8 Å². The Bertz CT molecular complexity index is 1100. The van der Waals surface area contributed by atoms with E-state index in [1.807, 2.05) is 0 Å². The van der Waals surface area contributed by atoms with Crippen LogP contribution in [0.25, 0.3) is 11.3 Å². The van der Waals surface area contributed by atoms with Gasteiger partial charge in [-0.05, 0) is 25.0 Å². The maximum atomic E-state index is 12.5. The average Bonchev–Trinajstić information content (AvgIpc) is 3.46. The van der Waals surface area contributed by atoms with Gasteiger partial charge in [0.25, 0.3) is 0 Å². The fourth-order valence-electron chi connectivity index (χ4n) is 3.33. The van der Waals surface area contributed by atoms with E-state index in [1.165, 1.54) is 6.20 Å². The monoisotopic (exact) mass is 475 g/mol. The summed E-state index contributed by atoms with van der Waals surface area (Å²) < 4.78 is 5.80. The summed E-state index contributed by atoms with van der Waals surface area (Å²) in [6.45, 7) is 4.71. The molecule has 0 saturated heterocycles. The highest BCUT2D eigenvalue weighted by atomic mass is 35.5. The molecule has 1 aliphatic carbocycles. The van der Waals surface area contributed by atoms with E-state index in [1.54, 1.807) is 23.2 Å². The molecule has 9 nitrogen and oxygen atoms in total. The molecule has 168 valence electrons. The molecular formula is C21H23Cl2N7O2. The Kier molecular flexibility index (Phi) is 6.29. The number of fused-ring (bicyclic) bond motifs is 1. The summed E-state index contributed by atoms with van der Waals surface area (Å²) in [5, 5.41) is 6.59. The normalized spacial score (nSPS) is 15.0. The quantitative estimate of drug-likeness (QED) is 0.483. The lowest BCUT2D eigenvalue weighted by Crippen LogP contribution is -2.37. The molecule has 1 aromatic heterocycles. The summed E-state index contributed by atoms with van der Waals surface area (Å²) in [6.07, 6.45) is 4.92. The number of ether oxygens (including phenoxy) is 1. The van der Waals surface area contributed by atoms with Crippen molar-refractivity contribution in [3.05, 3.63) is 58.1 Å². The maximum Gasteiger partial charge on any atom is 0.318 e. The van der Waals surface area contributed by atoms with Gasteiger partial charge >= 0.3 is 6.03 Å². The summed E-state index contributed by atoms with van der Waals surface area (Å²) in [7, 11) is 0. The minimum absolute atomic E-state index is 0.0998. The van der Waals surface area contributed by atoms with Crippen LogP contribution in [0.2, 0.25) is 10.0 Å². The van der Waals surface area contributed by atoms with Gasteiger partial charge in [0.1, 0.15) is 12.4 Å². The number of benzene rings is 1. The van der Waals surface area contributed by atoms with Gasteiger partial charge in [-0.3, -0.25) is 0 Å². The van der Waals surface area contributed by atoms with Gasteiger partial charge in [0.15, 0.2) is 0 Å². The third-order valence-corrected chi connectivity index (χ3v) is 5.66. The largest absolute Gasteiger partial charge is 0.486 e. The number of carbonyl (C=O) groups excluding carboxylic acids is 1. The molecule has 0 spiro atoms. The van der Waals surface area contributed by atoms with Crippen LogP contribution in [0.5, 0.6) is 5.75 Å². The Morgan fingerprint density at radius 1 is 1.28 bits per heavy atom. The Morgan fingerprint density at radius 2 is 2.06 bits per heavy atom. The first-order valence-electron chi connectivity index (χ1n) is 9.99. The summed E-state index contributed by atoms with van der Waals surface area (Å²) in [5.41, 5.74) is 14.5. The molecule has 1 fully saturated rings. The molecule has 2 heterocycles. The van der Waals surface area contributed by atoms with E-state index in [9.17, 15) is 4.79 Å². The molecule has 0 radical (unpaired) electrons. The molecule has 1 aromatic carbocycles. The zero-order chi connectivity index (χ0) is 22.8. The van der Waals surface area contributed by atoms with Crippen LogP contribution in [0.4, 0.5) is 10.7 Å². The minimum Gasteiger partial charge on any atom is -0.486 e. The van der Waals surface area contributed by atoms with E-state index in [2.05, 4.69) is 27.2 Å². The highest BCUT2D eigenvalue weighted by Crippen LogP contribution is 2.40. The number of halogens is 2. The zero-order valence-corrected chi connectivity index (χ0v) is 18.7. The number of rotatable bonds is 7. The van der Waals surface area contributed by atoms with Crippen LogP contribution in [0.1, 0.15) is 24.1 Å². The smallest absolute Gasteiger partial charge is 0.318 e. The third-order valence-electron chi connectivity index (χ3n) is 5.05. The van der Waals surface area contributed by atoms with Gasteiger partial charge in [-0.25, -0.2) is 14.8 Å². The SMILES string of the molecule is C=C(COc1cc(-c2nc(N)nc3c2CN(C(=O)NC2CC2)C3)c(Cl)cc1Cl)N/C=C\N. The second-order valence-electron chi connectivity index (χ2n) is 7.59. The number of urea groups is 1. The van der Waals surface area contributed by atoms with Gasteiger partial charge in [-0.1, -0.05) is 29.8 Å². The molecule has 2 amide bonds. The Labute approximate surface area is 195 Å². The number of amides is 2. The molecule has 1 aliphatic heterocycles. The van der Waals surface area contributed by atoms with Crippen molar-refractivity contribution in [2.24, 2.45) is 5.73 Å². The zero-order valence-electron chi connectivity index (χ0n) is 17.2. The van der Waals surface area contributed by atoms with Crippen molar-refractivity contribution >= 4 is 35.2 Å². The number of hydrogen-bond acceptors (Lipinski definition) is 7. The number of nitrogens with one attached hydrogen (secondary N) is 2. The third kappa shape index (κ3) is 4.84. The molecular weight excluding hydrogens is 453 g/mol. The number of nitrogens with zero attached hydrogens (tertiary/aromatic N) is 3. The van der Waals surface area contributed by atoms with Crippen molar-refractivity contribution in [1.29, 1.82) is 0 Å². The Balaban J connectivity index is 1.61. The predicted molar refractivity (Wildman–Crippen MR) is 124 cm³/mol. The number of nitrogens with two attached hydrogens (primary N) is 2. The second kappa shape index (κ2) is 9.13. The Morgan fingerprint density at radius 3 is 2.78 bits per heavy atom. The van der Waals surface area contributed by atoms with Crippen molar-refractivity contribution in [3.63, 3.8) is 0 Å². The number of aromatic nitrogens is 2. The molecule has 1 saturated carbocycles. The number of nitrogen functional groups attached to an aromatic ring is 1. The predicted octanol–water partition coefficient (Wildman–Crippen LogP) is 3.13. The fourth-order valence-corrected chi connectivity index (χ4v) is 3.85. The number of hydrogen-bond donors (Lipinski definition) is 4. The summed E-state index contributed by atoms with van der Waals surface area (Å²) in [4.78, 5) is 23.0. The topological polar surface area (TPSA) is 131 Å². The van der Waals surface area contributed by atoms with E-state index in [4.69, 9.17) is 39.4 Å². The van der Waals surface area contributed by atoms with Crippen LogP contribution in [0.15, 0.2) is 36.8 Å².